The van der Waals surface area contributed by atoms with Gasteiger partial charge in [-0.2, -0.15) is 0 Å². The number of fused-ring (bicyclic) bond motifs is 3. The lowest BCUT2D eigenvalue weighted by Crippen LogP contribution is -2.28. The van der Waals surface area contributed by atoms with Gasteiger partial charge in [-0.15, -0.1) is 0 Å². The Morgan fingerprint density at radius 1 is 0.581 bits per heavy atom. The lowest BCUT2D eigenvalue weighted by molar-refractivity contribution is 0.470. The summed E-state index contributed by atoms with van der Waals surface area (Å²) in [5, 5.41) is 20.3. The van der Waals surface area contributed by atoms with E-state index in [1.807, 2.05) is 38.1 Å². The monoisotopic (exact) mass is 414 g/mol. The van der Waals surface area contributed by atoms with Gasteiger partial charge in [-0.3, -0.25) is 0 Å². The molecule has 5 rings (SSSR count). The highest BCUT2D eigenvalue weighted by Gasteiger charge is 2.46. The summed E-state index contributed by atoms with van der Waals surface area (Å²) in [6.45, 7) is 3.64. The van der Waals surface area contributed by atoms with Crippen LogP contribution in [0.5, 0.6) is 11.5 Å². The smallest absolute Gasteiger partial charge is 0.123 e. The minimum Gasteiger partial charge on any atom is -0.508 e. The summed E-state index contributed by atoms with van der Waals surface area (Å²) in [7, 11) is 0. The van der Waals surface area contributed by atoms with E-state index in [1.165, 1.54) is 24.3 Å². The van der Waals surface area contributed by atoms with Gasteiger partial charge in [-0.25, -0.2) is 8.78 Å². The normalized spacial score (nSPS) is 13.7. The Labute approximate surface area is 179 Å². The van der Waals surface area contributed by atoms with Crippen molar-refractivity contribution in [2.24, 2.45) is 0 Å². The van der Waals surface area contributed by atoms with E-state index in [2.05, 4.69) is 0 Å². The van der Waals surface area contributed by atoms with Gasteiger partial charge in [0.15, 0.2) is 0 Å². The number of hydrogen-bond acceptors (Lipinski definition) is 2. The summed E-state index contributed by atoms with van der Waals surface area (Å²) >= 11 is 0. The number of halogens is 2. The van der Waals surface area contributed by atoms with Crippen LogP contribution in [-0.4, -0.2) is 10.2 Å². The largest absolute Gasteiger partial charge is 0.508 e. The molecule has 1 aliphatic carbocycles. The van der Waals surface area contributed by atoms with Crippen LogP contribution in [0.4, 0.5) is 8.78 Å². The Kier molecular flexibility index (Phi) is 4.16. The topological polar surface area (TPSA) is 40.5 Å². The highest BCUT2D eigenvalue weighted by molar-refractivity contribution is 5.86. The molecule has 0 aliphatic heterocycles. The fourth-order valence-electron chi connectivity index (χ4n) is 4.84. The first-order valence-electron chi connectivity index (χ1n) is 10.0. The molecule has 0 atom stereocenters. The molecule has 4 aromatic carbocycles. The van der Waals surface area contributed by atoms with Crippen LogP contribution >= 0.6 is 0 Å². The number of phenols is 2. The van der Waals surface area contributed by atoms with Gasteiger partial charge in [0.05, 0.1) is 5.41 Å². The fourth-order valence-corrected chi connectivity index (χ4v) is 4.84. The number of phenolic OH excluding ortho intramolecular Hbond substituents is 2. The standard InChI is InChI=1S/C27H20F2O2/c1-15-11-17(3-9-25(15)30)27(18-4-10-26(31)16(2)12-18)23-7-5-19(28)13-21(23)22-14-20(29)6-8-24(22)27/h3-14,30-31H,1-2H3. The third-order valence-corrected chi connectivity index (χ3v) is 6.32. The molecular formula is C27H20F2O2. The lowest BCUT2D eigenvalue weighted by Gasteiger charge is -2.34. The van der Waals surface area contributed by atoms with Crippen LogP contribution in [0.25, 0.3) is 11.1 Å². The zero-order chi connectivity index (χ0) is 21.9. The molecule has 0 radical (unpaired) electrons. The van der Waals surface area contributed by atoms with Crippen molar-refractivity contribution in [1.29, 1.82) is 0 Å². The second-order valence-electron chi connectivity index (χ2n) is 8.13. The van der Waals surface area contributed by atoms with Crippen molar-refractivity contribution < 1.29 is 19.0 Å². The minimum atomic E-state index is -0.858. The predicted octanol–water partition coefficient (Wildman–Crippen LogP) is 6.36. The molecule has 4 heteroatoms. The van der Waals surface area contributed by atoms with Crippen molar-refractivity contribution in [3.8, 4) is 22.6 Å². The molecular weight excluding hydrogens is 394 g/mol. The van der Waals surface area contributed by atoms with Crippen molar-refractivity contribution in [2.45, 2.75) is 19.3 Å². The zero-order valence-electron chi connectivity index (χ0n) is 17.1. The summed E-state index contributed by atoms with van der Waals surface area (Å²) < 4.78 is 28.6. The van der Waals surface area contributed by atoms with E-state index in [4.69, 9.17) is 0 Å². The molecule has 0 saturated heterocycles. The summed E-state index contributed by atoms with van der Waals surface area (Å²) in [6.07, 6.45) is 0. The molecule has 0 saturated carbocycles. The number of aryl methyl sites for hydroxylation is 2. The SMILES string of the molecule is Cc1cc(C2(c3ccc(O)c(C)c3)c3ccc(F)cc3-c3cc(F)ccc32)ccc1O. The third kappa shape index (κ3) is 2.68. The molecule has 0 fully saturated rings. The van der Waals surface area contributed by atoms with Crippen molar-refractivity contribution in [3.05, 3.63) is 118 Å². The molecule has 31 heavy (non-hydrogen) atoms. The Morgan fingerprint density at radius 2 is 1.00 bits per heavy atom. The van der Waals surface area contributed by atoms with Crippen molar-refractivity contribution >= 4 is 0 Å². The first kappa shape index (κ1) is 19.3. The van der Waals surface area contributed by atoms with E-state index >= 15 is 0 Å². The Morgan fingerprint density at radius 3 is 1.39 bits per heavy atom. The predicted molar refractivity (Wildman–Crippen MR) is 116 cm³/mol. The summed E-state index contributed by atoms with van der Waals surface area (Å²) in [6, 6.07) is 20.0. The Hall–Kier alpha value is -3.66. The maximum Gasteiger partial charge on any atom is 0.123 e. The maximum absolute atomic E-state index is 14.3. The minimum absolute atomic E-state index is 0.178. The first-order valence-corrected chi connectivity index (χ1v) is 10.0. The molecule has 154 valence electrons. The van der Waals surface area contributed by atoms with E-state index in [0.29, 0.717) is 22.3 Å². The van der Waals surface area contributed by atoms with Gasteiger partial charge in [0, 0.05) is 0 Å². The van der Waals surface area contributed by atoms with Gasteiger partial charge < -0.3 is 10.2 Å². The van der Waals surface area contributed by atoms with Crippen LogP contribution in [0, 0.1) is 25.5 Å². The zero-order valence-corrected chi connectivity index (χ0v) is 17.1. The van der Waals surface area contributed by atoms with Gasteiger partial charge in [-0.1, -0.05) is 36.4 Å². The number of benzene rings is 4. The number of aromatic hydroxyl groups is 2. The van der Waals surface area contributed by atoms with Gasteiger partial charge >= 0.3 is 0 Å². The van der Waals surface area contributed by atoms with Crippen LogP contribution in [0.2, 0.25) is 0 Å². The molecule has 1 aliphatic rings. The number of rotatable bonds is 2. The Balaban J connectivity index is 1.98. The van der Waals surface area contributed by atoms with Crippen LogP contribution < -0.4 is 0 Å². The summed E-state index contributed by atoms with van der Waals surface area (Å²) in [5.41, 5.74) is 5.19. The first-order chi connectivity index (χ1) is 14.8. The molecule has 0 aromatic heterocycles. The molecule has 0 unspecified atom stereocenters. The molecule has 0 heterocycles. The van der Waals surface area contributed by atoms with Gasteiger partial charge in [0.2, 0.25) is 0 Å². The van der Waals surface area contributed by atoms with Crippen LogP contribution in [0.3, 0.4) is 0 Å². The maximum atomic E-state index is 14.3. The van der Waals surface area contributed by atoms with Crippen LogP contribution in [-0.2, 0) is 5.41 Å². The second-order valence-corrected chi connectivity index (χ2v) is 8.13. The van der Waals surface area contributed by atoms with Crippen molar-refractivity contribution in [3.63, 3.8) is 0 Å². The molecule has 2 N–H and O–H groups in total. The van der Waals surface area contributed by atoms with E-state index in [-0.39, 0.29) is 11.5 Å². The fraction of sp³-hybridized carbons (Fsp3) is 0.111. The van der Waals surface area contributed by atoms with Crippen LogP contribution in [0.1, 0.15) is 33.4 Å². The summed E-state index contributed by atoms with van der Waals surface area (Å²) in [5.74, 6) is -0.433. The number of hydrogen-bond donors (Lipinski definition) is 2. The van der Waals surface area contributed by atoms with Crippen molar-refractivity contribution in [2.75, 3.05) is 0 Å². The lowest BCUT2D eigenvalue weighted by atomic mass is 9.67. The highest BCUT2D eigenvalue weighted by atomic mass is 19.1. The van der Waals surface area contributed by atoms with E-state index in [0.717, 1.165) is 22.3 Å². The van der Waals surface area contributed by atoms with E-state index < -0.39 is 17.0 Å². The Bertz CT molecular complexity index is 1250. The average Bonchev–Trinajstić information content (AvgIpc) is 3.02. The van der Waals surface area contributed by atoms with Gasteiger partial charge in [-0.05, 0) is 94.8 Å². The third-order valence-electron chi connectivity index (χ3n) is 6.32. The molecule has 0 amide bonds. The molecule has 2 nitrogen and oxygen atoms in total. The van der Waals surface area contributed by atoms with Crippen LogP contribution in [0.15, 0.2) is 72.8 Å². The second kappa shape index (κ2) is 6.67. The molecule has 0 spiro atoms. The van der Waals surface area contributed by atoms with Gasteiger partial charge in [0.1, 0.15) is 23.1 Å². The van der Waals surface area contributed by atoms with Gasteiger partial charge in [0.25, 0.3) is 0 Å². The van der Waals surface area contributed by atoms with E-state index in [1.54, 1.807) is 24.3 Å². The van der Waals surface area contributed by atoms with E-state index in [9.17, 15) is 19.0 Å². The quantitative estimate of drug-likeness (QED) is 0.353. The molecule has 4 aromatic rings. The van der Waals surface area contributed by atoms with Crippen molar-refractivity contribution in [1.82, 2.24) is 0 Å². The average molecular weight is 414 g/mol. The highest BCUT2D eigenvalue weighted by Crippen LogP contribution is 2.56. The molecule has 0 bridgehead atoms. The summed E-state index contributed by atoms with van der Waals surface area (Å²) in [4.78, 5) is 0.